The van der Waals surface area contributed by atoms with Crippen LogP contribution in [-0.4, -0.2) is 21.9 Å². The molecule has 0 bridgehead atoms. The fourth-order valence-corrected chi connectivity index (χ4v) is 4.95. The largest absolute Gasteiger partial charge is 0.457 e. The number of amides is 2. The first-order chi connectivity index (χ1) is 17.9. The van der Waals surface area contributed by atoms with Gasteiger partial charge >= 0.3 is 0 Å². The van der Waals surface area contributed by atoms with Gasteiger partial charge in [-0.2, -0.15) is 0 Å². The number of nitro benzene ring substituents is 1. The molecule has 1 aliphatic rings. The van der Waals surface area contributed by atoms with Crippen LogP contribution in [0, 0.1) is 10.1 Å². The summed E-state index contributed by atoms with van der Waals surface area (Å²) in [4.78, 5) is 39.0. The number of carbonyl (C=O) groups is 2. The van der Waals surface area contributed by atoms with E-state index in [1.165, 1.54) is 28.4 Å². The van der Waals surface area contributed by atoms with Crippen LogP contribution < -0.4 is 15.0 Å². The SMILES string of the molecule is O=C1NC(=S)N(c2ccc(Oc3ccccc3)cc2)C(=O)/C1=C\c1sccc1-c1ccccc1[N+](=O)[O-]. The van der Waals surface area contributed by atoms with Gasteiger partial charge in [-0.25, -0.2) is 0 Å². The number of ether oxygens (including phenoxy) is 1. The molecule has 1 aromatic heterocycles. The minimum Gasteiger partial charge on any atom is -0.457 e. The van der Waals surface area contributed by atoms with Gasteiger partial charge in [0.2, 0.25) is 0 Å². The maximum atomic E-state index is 13.4. The first-order valence-electron chi connectivity index (χ1n) is 11.0. The van der Waals surface area contributed by atoms with E-state index >= 15 is 0 Å². The van der Waals surface area contributed by atoms with Gasteiger partial charge in [-0.1, -0.05) is 30.3 Å². The lowest BCUT2D eigenvalue weighted by atomic mass is 10.0. The lowest BCUT2D eigenvalue weighted by molar-refractivity contribution is -0.384. The van der Waals surface area contributed by atoms with Crippen molar-refractivity contribution in [1.82, 2.24) is 5.32 Å². The number of thiophene rings is 1. The van der Waals surface area contributed by atoms with Gasteiger partial charge in [0, 0.05) is 16.5 Å². The number of hydrogen-bond donors (Lipinski definition) is 1. The molecular weight excluding hydrogens is 510 g/mol. The van der Waals surface area contributed by atoms with Crippen LogP contribution in [0.15, 0.2) is 95.9 Å². The average molecular weight is 528 g/mol. The third kappa shape index (κ3) is 4.88. The molecule has 8 nitrogen and oxygen atoms in total. The summed E-state index contributed by atoms with van der Waals surface area (Å²) in [6, 6.07) is 24.0. The number of anilines is 1. The Morgan fingerprint density at radius 1 is 0.892 bits per heavy atom. The summed E-state index contributed by atoms with van der Waals surface area (Å²) >= 11 is 6.56. The average Bonchev–Trinajstić information content (AvgIpc) is 3.36. The Labute approximate surface area is 220 Å². The maximum Gasteiger partial charge on any atom is 0.277 e. The van der Waals surface area contributed by atoms with E-state index in [1.54, 1.807) is 53.9 Å². The molecule has 0 radical (unpaired) electrons. The molecule has 0 saturated carbocycles. The van der Waals surface area contributed by atoms with Gasteiger partial charge < -0.3 is 4.74 Å². The quantitative estimate of drug-likeness (QED) is 0.109. The molecule has 2 amide bonds. The van der Waals surface area contributed by atoms with Gasteiger partial charge in [0.25, 0.3) is 17.5 Å². The highest BCUT2D eigenvalue weighted by molar-refractivity contribution is 7.80. The highest BCUT2D eigenvalue weighted by Crippen LogP contribution is 2.36. The van der Waals surface area contributed by atoms with Crippen molar-refractivity contribution in [2.24, 2.45) is 0 Å². The van der Waals surface area contributed by atoms with Gasteiger partial charge in [0.15, 0.2) is 5.11 Å². The van der Waals surface area contributed by atoms with Crippen molar-refractivity contribution in [2.75, 3.05) is 4.90 Å². The standard InChI is InChI=1S/C27H17N3O5S2/c31-25-22(16-24-21(14-15-37-24)20-8-4-5-9-23(20)30(33)34)26(32)29(27(36)28-25)17-10-12-19(13-11-17)35-18-6-2-1-3-7-18/h1-16H,(H,28,31,36)/b22-16-. The van der Waals surface area contributed by atoms with Crippen LogP contribution in [0.25, 0.3) is 17.2 Å². The molecule has 37 heavy (non-hydrogen) atoms. The van der Waals surface area contributed by atoms with Gasteiger partial charge in [-0.15, -0.1) is 11.3 Å². The monoisotopic (exact) mass is 527 g/mol. The zero-order chi connectivity index (χ0) is 25.9. The number of carbonyl (C=O) groups excluding carboxylic acids is 2. The zero-order valence-electron chi connectivity index (χ0n) is 19.0. The molecule has 182 valence electrons. The molecule has 3 aromatic carbocycles. The molecule has 5 rings (SSSR count). The smallest absolute Gasteiger partial charge is 0.277 e. The summed E-state index contributed by atoms with van der Waals surface area (Å²) < 4.78 is 5.80. The van der Waals surface area contributed by atoms with Crippen LogP contribution in [0.4, 0.5) is 11.4 Å². The molecule has 2 heterocycles. The van der Waals surface area contributed by atoms with E-state index in [0.29, 0.717) is 33.2 Å². The molecule has 4 aromatic rings. The normalized spacial score (nSPS) is 14.5. The number of thiocarbonyl (C=S) groups is 1. The number of nitrogens with one attached hydrogen (secondary N) is 1. The van der Waals surface area contributed by atoms with Gasteiger partial charge in [-0.3, -0.25) is 29.9 Å². The molecule has 0 atom stereocenters. The first kappa shape index (κ1) is 24.0. The van der Waals surface area contributed by atoms with E-state index in [-0.39, 0.29) is 16.4 Å². The summed E-state index contributed by atoms with van der Waals surface area (Å²) in [6.07, 6.45) is 1.44. The number of nitrogens with zero attached hydrogens (tertiary/aromatic N) is 2. The Morgan fingerprint density at radius 2 is 1.57 bits per heavy atom. The summed E-state index contributed by atoms with van der Waals surface area (Å²) in [7, 11) is 0. The number of nitro groups is 1. The Kier molecular flexibility index (Phi) is 6.59. The summed E-state index contributed by atoms with van der Waals surface area (Å²) in [5, 5.41) is 15.8. The Bertz CT molecular complexity index is 1560. The highest BCUT2D eigenvalue weighted by Gasteiger charge is 2.35. The third-order valence-corrected chi connectivity index (χ3v) is 6.69. The van der Waals surface area contributed by atoms with Crippen LogP contribution in [0.1, 0.15) is 4.88 Å². The van der Waals surface area contributed by atoms with Gasteiger partial charge in [-0.05, 0) is 72.2 Å². The topological polar surface area (TPSA) is 102 Å². The maximum absolute atomic E-state index is 13.4. The van der Waals surface area contributed by atoms with Gasteiger partial charge in [0.1, 0.15) is 17.1 Å². The van der Waals surface area contributed by atoms with Crippen LogP contribution >= 0.6 is 23.6 Å². The van der Waals surface area contributed by atoms with Crippen molar-refractivity contribution in [3.05, 3.63) is 111 Å². The molecule has 1 N–H and O–H groups in total. The van der Waals surface area contributed by atoms with Crippen LogP contribution in [0.3, 0.4) is 0 Å². The zero-order valence-corrected chi connectivity index (χ0v) is 20.6. The summed E-state index contributed by atoms with van der Waals surface area (Å²) in [6.45, 7) is 0. The van der Waals surface area contributed by atoms with Crippen LogP contribution in [0.2, 0.25) is 0 Å². The number of hydrogen-bond acceptors (Lipinski definition) is 7. The molecular formula is C27H17N3O5S2. The second kappa shape index (κ2) is 10.1. The molecule has 1 fully saturated rings. The minimum absolute atomic E-state index is 0.0472. The van der Waals surface area contributed by atoms with Crippen molar-refractivity contribution < 1.29 is 19.2 Å². The molecule has 0 aliphatic carbocycles. The third-order valence-electron chi connectivity index (χ3n) is 5.54. The van der Waals surface area contributed by atoms with Crippen molar-refractivity contribution in [3.63, 3.8) is 0 Å². The van der Waals surface area contributed by atoms with Crippen LogP contribution in [0.5, 0.6) is 11.5 Å². The predicted molar refractivity (Wildman–Crippen MR) is 146 cm³/mol. The fourth-order valence-electron chi connectivity index (χ4n) is 3.83. The van der Waals surface area contributed by atoms with E-state index in [1.807, 2.05) is 30.3 Å². The van der Waals surface area contributed by atoms with E-state index in [0.717, 1.165) is 0 Å². The summed E-state index contributed by atoms with van der Waals surface area (Å²) in [5.74, 6) is -0.00917. The van der Waals surface area contributed by atoms with E-state index in [2.05, 4.69) is 5.32 Å². The Morgan fingerprint density at radius 3 is 2.30 bits per heavy atom. The predicted octanol–water partition coefficient (Wildman–Crippen LogP) is 5.95. The first-order valence-corrected chi connectivity index (χ1v) is 12.3. The molecule has 0 unspecified atom stereocenters. The van der Waals surface area contributed by atoms with Crippen LogP contribution in [-0.2, 0) is 9.59 Å². The van der Waals surface area contributed by atoms with Crippen molar-refractivity contribution in [2.45, 2.75) is 0 Å². The molecule has 1 aliphatic heterocycles. The Hall–Kier alpha value is -4.67. The molecule has 1 saturated heterocycles. The second-order valence-corrected chi connectivity index (χ2v) is 9.17. The summed E-state index contributed by atoms with van der Waals surface area (Å²) in [5.41, 5.74) is 1.19. The van der Waals surface area contributed by atoms with E-state index < -0.39 is 16.7 Å². The Balaban J connectivity index is 1.46. The number of para-hydroxylation sites is 2. The van der Waals surface area contributed by atoms with E-state index in [4.69, 9.17) is 17.0 Å². The molecule has 0 spiro atoms. The van der Waals surface area contributed by atoms with Crippen molar-refractivity contribution in [3.8, 4) is 22.6 Å². The molecule has 10 heteroatoms. The fraction of sp³-hybridized carbons (Fsp3) is 0. The second-order valence-electron chi connectivity index (χ2n) is 7.84. The highest BCUT2D eigenvalue weighted by atomic mass is 32.1. The van der Waals surface area contributed by atoms with Crippen molar-refractivity contribution >= 4 is 57.9 Å². The van der Waals surface area contributed by atoms with E-state index in [9.17, 15) is 19.7 Å². The number of rotatable bonds is 6. The number of benzene rings is 3. The lowest BCUT2D eigenvalue weighted by Crippen LogP contribution is -2.54. The minimum atomic E-state index is -0.641. The van der Waals surface area contributed by atoms with Crippen molar-refractivity contribution in [1.29, 1.82) is 0 Å². The lowest BCUT2D eigenvalue weighted by Gasteiger charge is -2.29. The van der Waals surface area contributed by atoms with Gasteiger partial charge in [0.05, 0.1) is 16.2 Å².